The van der Waals surface area contributed by atoms with Gasteiger partial charge in [0.2, 0.25) is 0 Å². The summed E-state index contributed by atoms with van der Waals surface area (Å²) >= 11 is 9.72. The molecule has 3 heteroatoms. The van der Waals surface area contributed by atoms with Crippen LogP contribution in [0.3, 0.4) is 0 Å². The highest BCUT2D eigenvalue weighted by Gasteiger charge is 2.20. The first-order valence-corrected chi connectivity index (χ1v) is 6.93. The van der Waals surface area contributed by atoms with Crippen molar-refractivity contribution in [1.29, 1.82) is 0 Å². The van der Waals surface area contributed by atoms with Gasteiger partial charge in [-0.25, -0.2) is 0 Å². The van der Waals surface area contributed by atoms with Gasteiger partial charge in [0.1, 0.15) is 0 Å². The first-order chi connectivity index (χ1) is 7.63. The van der Waals surface area contributed by atoms with Crippen LogP contribution in [-0.4, -0.2) is 7.05 Å². The van der Waals surface area contributed by atoms with E-state index in [9.17, 15) is 0 Å². The molecule has 1 rings (SSSR count). The minimum Gasteiger partial charge on any atom is -0.313 e. The van der Waals surface area contributed by atoms with E-state index in [1.807, 2.05) is 19.2 Å². The van der Waals surface area contributed by atoms with Crippen molar-refractivity contribution < 1.29 is 0 Å². The van der Waals surface area contributed by atoms with E-state index < -0.39 is 0 Å². The molecule has 0 bridgehead atoms. The SMILES string of the molecule is CCC(CC)C(NC)c1ccc(Br)cc1Cl. The lowest BCUT2D eigenvalue weighted by atomic mass is 9.89. The summed E-state index contributed by atoms with van der Waals surface area (Å²) in [5.41, 5.74) is 1.20. The zero-order valence-corrected chi connectivity index (χ0v) is 12.4. The lowest BCUT2D eigenvalue weighted by Gasteiger charge is -2.26. The highest BCUT2D eigenvalue weighted by Crippen LogP contribution is 2.33. The highest BCUT2D eigenvalue weighted by atomic mass is 79.9. The van der Waals surface area contributed by atoms with Gasteiger partial charge in [-0.1, -0.05) is 60.3 Å². The van der Waals surface area contributed by atoms with Crippen LogP contribution in [0.5, 0.6) is 0 Å². The minimum absolute atomic E-state index is 0.343. The summed E-state index contributed by atoms with van der Waals surface area (Å²) in [5, 5.41) is 4.21. The van der Waals surface area contributed by atoms with Crippen molar-refractivity contribution >= 4 is 27.5 Å². The topological polar surface area (TPSA) is 12.0 Å². The van der Waals surface area contributed by atoms with Crippen LogP contribution in [0.25, 0.3) is 0 Å². The Labute approximate surface area is 112 Å². The van der Waals surface area contributed by atoms with Crippen LogP contribution < -0.4 is 5.32 Å². The van der Waals surface area contributed by atoms with E-state index in [1.54, 1.807) is 0 Å². The van der Waals surface area contributed by atoms with Crippen molar-refractivity contribution in [3.8, 4) is 0 Å². The van der Waals surface area contributed by atoms with Gasteiger partial charge in [-0.15, -0.1) is 0 Å². The fraction of sp³-hybridized carbons (Fsp3) is 0.538. The molecule has 0 fully saturated rings. The molecule has 0 aromatic heterocycles. The molecule has 0 aliphatic rings. The maximum absolute atomic E-state index is 6.29. The molecule has 1 aromatic rings. The molecule has 1 atom stereocenters. The van der Waals surface area contributed by atoms with Crippen LogP contribution in [0.2, 0.25) is 5.02 Å². The third-order valence-electron chi connectivity index (χ3n) is 3.13. The molecule has 1 nitrogen and oxygen atoms in total. The zero-order valence-electron chi connectivity index (χ0n) is 10.1. The lowest BCUT2D eigenvalue weighted by Crippen LogP contribution is -2.24. The lowest BCUT2D eigenvalue weighted by molar-refractivity contribution is 0.360. The number of rotatable bonds is 5. The molecule has 1 unspecified atom stereocenters. The van der Waals surface area contributed by atoms with E-state index >= 15 is 0 Å². The second kappa shape index (κ2) is 6.63. The average molecular weight is 305 g/mol. The van der Waals surface area contributed by atoms with Crippen molar-refractivity contribution in [3.05, 3.63) is 33.3 Å². The van der Waals surface area contributed by atoms with Gasteiger partial charge in [0.25, 0.3) is 0 Å². The fourth-order valence-corrected chi connectivity index (χ4v) is 2.95. The van der Waals surface area contributed by atoms with Crippen LogP contribution >= 0.6 is 27.5 Å². The summed E-state index contributed by atoms with van der Waals surface area (Å²) in [6.45, 7) is 4.45. The Morgan fingerprint density at radius 3 is 2.38 bits per heavy atom. The molecule has 90 valence electrons. The van der Waals surface area contributed by atoms with Crippen LogP contribution in [0.4, 0.5) is 0 Å². The Morgan fingerprint density at radius 2 is 1.94 bits per heavy atom. The normalized spacial score (nSPS) is 13.1. The number of hydrogen-bond acceptors (Lipinski definition) is 1. The molecule has 0 spiro atoms. The number of halogens is 2. The third kappa shape index (κ3) is 3.22. The summed E-state index contributed by atoms with van der Waals surface area (Å²) < 4.78 is 1.03. The van der Waals surface area contributed by atoms with Crippen LogP contribution in [-0.2, 0) is 0 Å². The number of hydrogen-bond donors (Lipinski definition) is 1. The van der Waals surface area contributed by atoms with E-state index in [0.717, 1.165) is 22.3 Å². The largest absolute Gasteiger partial charge is 0.313 e. The number of nitrogens with one attached hydrogen (secondary N) is 1. The van der Waals surface area contributed by atoms with Gasteiger partial charge in [0.05, 0.1) is 0 Å². The summed E-state index contributed by atoms with van der Waals surface area (Å²) in [5.74, 6) is 0.628. The molecule has 0 heterocycles. The fourth-order valence-electron chi connectivity index (χ4n) is 2.16. The number of benzene rings is 1. The highest BCUT2D eigenvalue weighted by molar-refractivity contribution is 9.10. The van der Waals surface area contributed by atoms with Crippen molar-refractivity contribution in [2.24, 2.45) is 5.92 Å². The predicted molar refractivity (Wildman–Crippen MR) is 75.0 cm³/mol. The van der Waals surface area contributed by atoms with E-state index in [2.05, 4.69) is 41.2 Å². The molecule has 16 heavy (non-hydrogen) atoms. The van der Waals surface area contributed by atoms with Gasteiger partial charge < -0.3 is 5.32 Å². The third-order valence-corrected chi connectivity index (χ3v) is 3.95. The Balaban J connectivity index is 3.03. The maximum atomic E-state index is 6.29. The van der Waals surface area contributed by atoms with E-state index in [-0.39, 0.29) is 0 Å². The summed E-state index contributed by atoms with van der Waals surface area (Å²) in [7, 11) is 2.00. The van der Waals surface area contributed by atoms with Gasteiger partial charge >= 0.3 is 0 Å². The van der Waals surface area contributed by atoms with Crippen LogP contribution in [0.1, 0.15) is 38.3 Å². The summed E-state index contributed by atoms with van der Waals surface area (Å²) in [6.07, 6.45) is 2.32. The predicted octanol–water partition coefficient (Wildman–Crippen LogP) is 4.80. The maximum Gasteiger partial charge on any atom is 0.0465 e. The van der Waals surface area contributed by atoms with Gasteiger partial charge in [-0.3, -0.25) is 0 Å². The van der Waals surface area contributed by atoms with E-state index in [0.29, 0.717) is 12.0 Å². The van der Waals surface area contributed by atoms with Crippen molar-refractivity contribution in [1.82, 2.24) is 5.32 Å². The molecule has 0 saturated carbocycles. The quantitative estimate of drug-likeness (QED) is 0.824. The van der Waals surface area contributed by atoms with Crippen LogP contribution in [0, 0.1) is 5.92 Å². The first kappa shape index (κ1) is 14.0. The Hall–Kier alpha value is -0.0500. The van der Waals surface area contributed by atoms with Gasteiger partial charge in [0.15, 0.2) is 0 Å². The standard InChI is InChI=1S/C13H19BrClN/c1-4-9(5-2)13(16-3)11-7-6-10(14)8-12(11)15/h6-9,13,16H,4-5H2,1-3H3. The molecule has 1 aromatic carbocycles. The summed E-state index contributed by atoms with van der Waals surface area (Å²) in [6, 6.07) is 6.46. The minimum atomic E-state index is 0.343. The Morgan fingerprint density at radius 1 is 1.31 bits per heavy atom. The zero-order chi connectivity index (χ0) is 12.1. The summed E-state index contributed by atoms with van der Waals surface area (Å²) in [4.78, 5) is 0. The molecule has 0 radical (unpaired) electrons. The molecule has 1 N–H and O–H groups in total. The smallest absolute Gasteiger partial charge is 0.0465 e. The average Bonchev–Trinajstić information content (AvgIpc) is 2.27. The first-order valence-electron chi connectivity index (χ1n) is 5.76. The second-order valence-corrected chi connectivity index (χ2v) is 5.33. The molecule has 0 saturated heterocycles. The van der Waals surface area contributed by atoms with Gasteiger partial charge in [0, 0.05) is 15.5 Å². The second-order valence-electron chi connectivity index (χ2n) is 4.01. The van der Waals surface area contributed by atoms with Gasteiger partial charge in [-0.05, 0) is 30.7 Å². The van der Waals surface area contributed by atoms with Crippen molar-refractivity contribution in [2.75, 3.05) is 7.05 Å². The monoisotopic (exact) mass is 303 g/mol. The van der Waals surface area contributed by atoms with Crippen LogP contribution in [0.15, 0.2) is 22.7 Å². The Bertz CT molecular complexity index is 337. The molecule has 0 aliphatic heterocycles. The van der Waals surface area contributed by atoms with Crippen molar-refractivity contribution in [3.63, 3.8) is 0 Å². The molecular weight excluding hydrogens is 286 g/mol. The van der Waals surface area contributed by atoms with E-state index in [1.165, 1.54) is 5.56 Å². The van der Waals surface area contributed by atoms with Crippen molar-refractivity contribution in [2.45, 2.75) is 32.7 Å². The van der Waals surface area contributed by atoms with Gasteiger partial charge in [-0.2, -0.15) is 0 Å². The Kier molecular flexibility index (Phi) is 5.81. The molecule has 0 aliphatic carbocycles. The molecule has 0 amide bonds. The molecular formula is C13H19BrClN. The van der Waals surface area contributed by atoms with E-state index in [4.69, 9.17) is 11.6 Å².